The van der Waals surface area contributed by atoms with Gasteiger partial charge in [0.25, 0.3) is 0 Å². The second-order valence-corrected chi connectivity index (χ2v) is 11.1. The predicted octanol–water partition coefficient (Wildman–Crippen LogP) is 6.66. The van der Waals surface area contributed by atoms with Gasteiger partial charge in [-0.05, 0) is 34.9 Å². The zero-order valence-electron chi connectivity index (χ0n) is 19.6. The van der Waals surface area contributed by atoms with Crippen molar-refractivity contribution in [1.82, 2.24) is 10.3 Å². The van der Waals surface area contributed by atoms with Crippen molar-refractivity contribution >= 4 is 17.4 Å². The first kappa shape index (κ1) is 23.8. The molecule has 1 heterocycles. The number of amides is 1. The molecule has 6 heteroatoms. The van der Waals surface area contributed by atoms with Crippen LogP contribution in [0, 0.1) is 0 Å². The van der Waals surface area contributed by atoms with Crippen LogP contribution in [0.2, 0.25) is 0 Å². The molecular formula is C26H32N2O3S. The molecule has 32 heavy (non-hydrogen) atoms. The van der Waals surface area contributed by atoms with Gasteiger partial charge < -0.3 is 15.5 Å². The monoisotopic (exact) mass is 452 g/mol. The molecule has 3 N–H and O–H groups in total. The first-order chi connectivity index (χ1) is 14.9. The molecule has 0 aliphatic rings. The van der Waals surface area contributed by atoms with Gasteiger partial charge in [-0.1, -0.05) is 71.9 Å². The molecular weight excluding hydrogens is 420 g/mol. The molecule has 2 aromatic carbocycles. The zero-order valence-corrected chi connectivity index (χ0v) is 20.4. The van der Waals surface area contributed by atoms with Gasteiger partial charge in [0.15, 0.2) is 0 Å². The summed E-state index contributed by atoms with van der Waals surface area (Å²) in [4.78, 5) is 16.3. The fraction of sp³-hybridized carbons (Fsp3) is 0.385. The second kappa shape index (κ2) is 8.94. The van der Waals surface area contributed by atoms with E-state index in [2.05, 4.69) is 46.9 Å². The molecule has 1 atom stereocenters. The Morgan fingerprint density at radius 2 is 1.59 bits per heavy atom. The van der Waals surface area contributed by atoms with E-state index >= 15 is 0 Å². The minimum atomic E-state index is -1.07. The highest BCUT2D eigenvalue weighted by atomic mass is 32.1. The maximum Gasteiger partial charge on any atom is 0.405 e. The molecule has 0 saturated carbocycles. The lowest BCUT2D eigenvalue weighted by molar-refractivity contribution is 0.189. The summed E-state index contributed by atoms with van der Waals surface area (Å²) in [6.45, 7) is 12.5. The summed E-state index contributed by atoms with van der Waals surface area (Å²) >= 11 is 1.45. The Morgan fingerprint density at radius 3 is 2.09 bits per heavy atom. The number of thiazole rings is 1. The average molecular weight is 453 g/mol. The summed E-state index contributed by atoms with van der Waals surface area (Å²) in [5.74, 6) is 0.332. The lowest BCUT2D eigenvalue weighted by Crippen LogP contribution is -2.28. The Kier molecular flexibility index (Phi) is 6.65. The fourth-order valence-corrected chi connectivity index (χ4v) is 4.58. The maximum absolute atomic E-state index is 11.4. The van der Waals surface area contributed by atoms with Gasteiger partial charge in [0.05, 0.1) is 11.7 Å². The van der Waals surface area contributed by atoms with Crippen molar-refractivity contribution in [3.8, 4) is 17.0 Å². The lowest BCUT2D eigenvalue weighted by atomic mass is 9.78. The lowest BCUT2D eigenvalue weighted by Gasteiger charge is -2.28. The van der Waals surface area contributed by atoms with Gasteiger partial charge in [-0.2, -0.15) is 0 Å². The van der Waals surface area contributed by atoms with E-state index in [1.54, 1.807) is 0 Å². The van der Waals surface area contributed by atoms with Gasteiger partial charge in [0.2, 0.25) is 0 Å². The number of rotatable bonds is 5. The third kappa shape index (κ3) is 5.49. The molecule has 1 aromatic heterocycles. The standard InChI is InChI=1S/C26H32N2O3S/c1-25(2,3)18-13-17(14-19(22(18)29)26(4,5)6)21-15-32-23(27-21)20(28-24(30)31)12-16-10-8-7-9-11-16/h7-11,13-15,20,28-29H,12H2,1-6H3,(H,30,31). The smallest absolute Gasteiger partial charge is 0.405 e. The minimum absolute atomic E-state index is 0.236. The van der Waals surface area contributed by atoms with E-state index in [9.17, 15) is 15.0 Å². The number of nitrogens with zero attached hydrogens (tertiary/aromatic N) is 1. The van der Waals surface area contributed by atoms with Crippen LogP contribution >= 0.6 is 11.3 Å². The molecule has 0 fully saturated rings. The van der Waals surface area contributed by atoms with Crippen molar-refractivity contribution in [3.63, 3.8) is 0 Å². The first-order valence-corrected chi connectivity index (χ1v) is 11.6. The number of phenolic OH excluding ortho intramolecular Hbond substituents is 1. The molecule has 0 aliphatic heterocycles. The molecule has 1 amide bonds. The Bertz CT molecular complexity index is 1060. The second-order valence-electron chi connectivity index (χ2n) is 10.2. The van der Waals surface area contributed by atoms with Crippen molar-refractivity contribution in [2.24, 2.45) is 0 Å². The quantitative estimate of drug-likeness (QED) is 0.404. The molecule has 3 aromatic rings. The van der Waals surface area contributed by atoms with Crippen LogP contribution in [0.1, 0.15) is 69.3 Å². The fourth-order valence-electron chi connectivity index (χ4n) is 3.70. The molecule has 5 nitrogen and oxygen atoms in total. The van der Waals surface area contributed by atoms with E-state index in [0.717, 1.165) is 27.9 Å². The summed E-state index contributed by atoms with van der Waals surface area (Å²) in [5.41, 5.74) is 4.02. The molecule has 0 radical (unpaired) electrons. The molecule has 3 rings (SSSR count). The zero-order chi connectivity index (χ0) is 23.7. The van der Waals surface area contributed by atoms with Gasteiger partial charge in [-0.15, -0.1) is 11.3 Å². The summed E-state index contributed by atoms with van der Waals surface area (Å²) < 4.78 is 0. The Balaban J connectivity index is 2.04. The van der Waals surface area contributed by atoms with Crippen molar-refractivity contribution in [2.75, 3.05) is 0 Å². The van der Waals surface area contributed by atoms with Gasteiger partial charge >= 0.3 is 6.09 Å². The molecule has 170 valence electrons. The normalized spacial score (nSPS) is 13.1. The van der Waals surface area contributed by atoms with E-state index in [-0.39, 0.29) is 10.8 Å². The highest BCUT2D eigenvalue weighted by molar-refractivity contribution is 7.10. The van der Waals surface area contributed by atoms with E-state index in [1.165, 1.54) is 11.3 Å². The first-order valence-electron chi connectivity index (χ1n) is 10.7. The van der Waals surface area contributed by atoms with Crippen LogP contribution in [0.15, 0.2) is 47.8 Å². The number of carbonyl (C=O) groups is 1. The van der Waals surface area contributed by atoms with Crippen LogP contribution in [-0.2, 0) is 17.3 Å². The summed E-state index contributed by atoms with van der Waals surface area (Å²) in [5, 5.41) is 25.7. The number of benzene rings is 2. The third-order valence-corrected chi connectivity index (χ3v) is 6.38. The van der Waals surface area contributed by atoms with E-state index in [0.29, 0.717) is 17.2 Å². The molecule has 0 aliphatic carbocycles. The van der Waals surface area contributed by atoms with Gasteiger partial charge in [0.1, 0.15) is 10.8 Å². The van der Waals surface area contributed by atoms with Crippen LogP contribution in [-0.4, -0.2) is 21.3 Å². The van der Waals surface area contributed by atoms with Crippen LogP contribution in [0.3, 0.4) is 0 Å². The van der Waals surface area contributed by atoms with Crippen molar-refractivity contribution < 1.29 is 15.0 Å². The number of aromatic hydroxyl groups is 1. The van der Waals surface area contributed by atoms with Crippen molar-refractivity contribution in [3.05, 3.63) is 69.5 Å². The summed E-state index contributed by atoms with van der Waals surface area (Å²) in [7, 11) is 0. The van der Waals surface area contributed by atoms with Crippen molar-refractivity contribution in [1.29, 1.82) is 0 Å². The third-order valence-electron chi connectivity index (χ3n) is 5.42. The Labute approximate surface area is 194 Å². The van der Waals surface area contributed by atoms with Crippen molar-refractivity contribution in [2.45, 2.75) is 64.8 Å². The highest BCUT2D eigenvalue weighted by Crippen LogP contribution is 2.42. The maximum atomic E-state index is 11.4. The van der Waals surface area contributed by atoms with Crippen LogP contribution in [0.25, 0.3) is 11.3 Å². The summed E-state index contributed by atoms with van der Waals surface area (Å²) in [6.07, 6.45) is -0.548. The minimum Gasteiger partial charge on any atom is -0.507 e. The van der Waals surface area contributed by atoms with Crippen LogP contribution in [0.5, 0.6) is 5.75 Å². The number of carboxylic acid groups (broad SMARTS) is 1. The number of phenols is 1. The Morgan fingerprint density at radius 1 is 1.03 bits per heavy atom. The van der Waals surface area contributed by atoms with Gasteiger partial charge in [0, 0.05) is 22.1 Å². The average Bonchev–Trinajstić information content (AvgIpc) is 3.16. The number of nitrogens with one attached hydrogen (secondary N) is 1. The topological polar surface area (TPSA) is 82.5 Å². The van der Waals surface area contributed by atoms with Crippen LogP contribution < -0.4 is 5.32 Å². The molecule has 0 saturated heterocycles. The van der Waals surface area contributed by atoms with E-state index in [1.807, 2.05) is 47.8 Å². The number of aromatic nitrogens is 1. The molecule has 0 spiro atoms. The van der Waals surface area contributed by atoms with Gasteiger partial charge in [-0.25, -0.2) is 9.78 Å². The number of hydrogen-bond acceptors (Lipinski definition) is 4. The summed E-state index contributed by atoms with van der Waals surface area (Å²) in [6, 6.07) is 13.4. The van der Waals surface area contributed by atoms with Gasteiger partial charge in [-0.3, -0.25) is 0 Å². The highest BCUT2D eigenvalue weighted by Gasteiger charge is 2.27. The predicted molar refractivity (Wildman–Crippen MR) is 131 cm³/mol. The largest absolute Gasteiger partial charge is 0.507 e. The number of hydrogen-bond donors (Lipinski definition) is 3. The van der Waals surface area contributed by atoms with Crippen LogP contribution in [0.4, 0.5) is 4.79 Å². The Hall–Kier alpha value is -2.86. The van der Waals surface area contributed by atoms with E-state index in [4.69, 9.17) is 4.98 Å². The molecule has 0 bridgehead atoms. The molecule has 1 unspecified atom stereocenters. The van der Waals surface area contributed by atoms with E-state index < -0.39 is 12.1 Å². The SMILES string of the molecule is CC(C)(C)c1cc(-c2csc(C(Cc3ccccc3)NC(=O)O)n2)cc(C(C)(C)C)c1O.